The fourth-order valence-corrected chi connectivity index (χ4v) is 4.74. The van der Waals surface area contributed by atoms with Gasteiger partial charge in [-0.3, -0.25) is 9.69 Å². The van der Waals surface area contributed by atoms with Crippen LogP contribution in [0.2, 0.25) is 5.02 Å². The van der Waals surface area contributed by atoms with Gasteiger partial charge in [-0.1, -0.05) is 41.9 Å². The van der Waals surface area contributed by atoms with E-state index in [1.807, 2.05) is 33.7 Å². The second-order valence-corrected chi connectivity index (χ2v) is 9.31. The highest BCUT2D eigenvalue weighted by Gasteiger charge is 2.28. The van der Waals surface area contributed by atoms with Gasteiger partial charge in [-0.15, -0.1) is 0 Å². The maximum Gasteiger partial charge on any atom is 0.241 e. The van der Waals surface area contributed by atoms with Crippen molar-refractivity contribution in [3.05, 3.63) is 101 Å². The first kappa shape index (κ1) is 24.5. The molecular weight excluding hydrogens is 493 g/mol. The number of aromatic nitrogens is 2. The second-order valence-electron chi connectivity index (χ2n) is 8.87. The second kappa shape index (κ2) is 10.4. The fraction of sp³-hybridized carbons (Fsp3) is 0.179. The number of hydrogen-bond donors (Lipinski definition) is 1. The minimum atomic E-state index is -0.543. The molecule has 0 atom stereocenters. The lowest BCUT2D eigenvalue weighted by molar-refractivity contribution is -0.121. The fourth-order valence-electron chi connectivity index (χ4n) is 4.57. The van der Waals surface area contributed by atoms with Crippen molar-refractivity contribution < 1.29 is 14.3 Å². The number of para-hydroxylation sites is 1. The molecule has 0 bridgehead atoms. The van der Waals surface area contributed by atoms with Crippen molar-refractivity contribution in [1.29, 1.82) is 5.26 Å². The summed E-state index contributed by atoms with van der Waals surface area (Å²) in [6.07, 6.45) is 3.44. The van der Waals surface area contributed by atoms with Crippen LogP contribution in [0.4, 0.5) is 10.1 Å². The van der Waals surface area contributed by atoms with Gasteiger partial charge in [0.25, 0.3) is 0 Å². The Balaban J connectivity index is 1.31. The van der Waals surface area contributed by atoms with Crippen molar-refractivity contribution in [2.24, 2.45) is 0 Å². The smallest absolute Gasteiger partial charge is 0.241 e. The van der Waals surface area contributed by atoms with Gasteiger partial charge in [-0.25, -0.2) is 9.37 Å². The van der Waals surface area contributed by atoms with Crippen molar-refractivity contribution >= 4 is 23.2 Å². The van der Waals surface area contributed by atoms with Crippen LogP contribution in [-0.2, 0) is 17.9 Å². The third kappa shape index (κ3) is 5.19. The highest BCUT2D eigenvalue weighted by molar-refractivity contribution is 6.31. The van der Waals surface area contributed by atoms with Crippen LogP contribution in [-0.4, -0.2) is 45.1 Å². The molecule has 1 fully saturated rings. The van der Waals surface area contributed by atoms with Crippen LogP contribution in [0.25, 0.3) is 11.1 Å². The molecule has 0 spiro atoms. The predicted molar refractivity (Wildman–Crippen MR) is 139 cm³/mol. The average molecular weight is 516 g/mol. The molecule has 0 aliphatic carbocycles. The lowest BCUT2D eigenvalue weighted by Crippen LogP contribution is -2.50. The van der Waals surface area contributed by atoms with Crippen molar-refractivity contribution in [3.63, 3.8) is 0 Å². The van der Waals surface area contributed by atoms with Gasteiger partial charge in [0.05, 0.1) is 29.8 Å². The lowest BCUT2D eigenvalue weighted by atomic mass is 10.0. The molecule has 7 nitrogen and oxygen atoms in total. The summed E-state index contributed by atoms with van der Waals surface area (Å²) >= 11 is 6.29. The largest absolute Gasteiger partial charge is 0.507 e. The Bertz CT molecular complexity index is 1510. The van der Waals surface area contributed by atoms with E-state index in [1.165, 1.54) is 12.1 Å². The molecule has 186 valence electrons. The number of rotatable bonds is 6. The van der Waals surface area contributed by atoms with Gasteiger partial charge in [0, 0.05) is 48.5 Å². The first-order valence-corrected chi connectivity index (χ1v) is 12.1. The Kier molecular flexibility index (Phi) is 6.91. The van der Waals surface area contributed by atoms with E-state index >= 15 is 0 Å². The third-order valence-corrected chi connectivity index (χ3v) is 6.67. The van der Waals surface area contributed by atoms with Crippen LogP contribution in [0.15, 0.2) is 73.2 Å². The SMILES string of the molecule is N#Cc1cc(Cn2cncc2CN2CCN(c3cc(Cl)ccc3-c3ccccc3O)C(=O)C2)ccc1F. The van der Waals surface area contributed by atoms with Crippen LogP contribution in [0.1, 0.15) is 16.8 Å². The Morgan fingerprint density at radius 3 is 2.68 bits per heavy atom. The molecule has 1 aliphatic heterocycles. The summed E-state index contributed by atoms with van der Waals surface area (Å²) < 4.78 is 15.6. The molecule has 0 saturated carbocycles. The molecule has 37 heavy (non-hydrogen) atoms. The number of carbonyl (C=O) groups excluding carboxylic acids is 1. The summed E-state index contributed by atoms with van der Waals surface area (Å²) in [5, 5.41) is 20.0. The zero-order chi connectivity index (χ0) is 25.9. The Labute approximate surface area is 218 Å². The maximum atomic E-state index is 13.7. The molecule has 0 unspecified atom stereocenters. The third-order valence-electron chi connectivity index (χ3n) is 6.43. The Hall–Kier alpha value is -4.19. The predicted octanol–water partition coefficient (Wildman–Crippen LogP) is 4.82. The number of aromatic hydroxyl groups is 1. The number of phenols is 1. The molecule has 1 aromatic heterocycles. The molecule has 4 aromatic rings. The van der Waals surface area contributed by atoms with Crippen LogP contribution in [0.5, 0.6) is 5.75 Å². The minimum absolute atomic E-state index is 0.00471. The number of nitriles is 1. The van der Waals surface area contributed by atoms with Gasteiger partial charge in [-0.2, -0.15) is 5.26 Å². The summed E-state index contributed by atoms with van der Waals surface area (Å²) in [7, 11) is 0. The van der Waals surface area contributed by atoms with Crippen molar-refractivity contribution in [1.82, 2.24) is 14.5 Å². The molecule has 1 saturated heterocycles. The number of benzene rings is 3. The number of amides is 1. The molecule has 9 heteroatoms. The molecule has 1 amide bonds. The van der Waals surface area contributed by atoms with Crippen LogP contribution >= 0.6 is 11.6 Å². The van der Waals surface area contributed by atoms with E-state index in [-0.39, 0.29) is 23.8 Å². The topological polar surface area (TPSA) is 85.4 Å². The number of carbonyl (C=O) groups is 1. The van der Waals surface area contributed by atoms with E-state index in [9.17, 15) is 14.3 Å². The standard InChI is InChI=1S/C28H23ClFN5O2/c29-21-6-7-23(24-3-1-2-4-27(24)36)26(12-21)35-10-9-33(17-28(35)37)16-22-14-32-18-34(22)15-19-5-8-25(30)20(11-19)13-31/h1-8,11-12,14,18,36H,9-10,15-17H2. The molecule has 2 heterocycles. The number of hydrogen-bond acceptors (Lipinski definition) is 5. The number of piperazine rings is 1. The Morgan fingerprint density at radius 2 is 1.89 bits per heavy atom. The first-order valence-electron chi connectivity index (χ1n) is 11.7. The maximum absolute atomic E-state index is 13.7. The van der Waals surface area contributed by atoms with E-state index in [1.54, 1.807) is 47.8 Å². The normalized spacial score (nSPS) is 14.1. The summed E-state index contributed by atoms with van der Waals surface area (Å²) in [5.41, 5.74) is 3.72. The van der Waals surface area contributed by atoms with E-state index in [0.717, 1.165) is 16.8 Å². The highest BCUT2D eigenvalue weighted by Crippen LogP contribution is 2.38. The van der Waals surface area contributed by atoms with Crippen LogP contribution < -0.4 is 4.90 Å². The zero-order valence-electron chi connectivity index (χ0n) is 19.8. The van der Waals surface area contributed by atoms with E-state index in [4.69, 9.17) is 16.9 Å². The summed E-state index contributed by atoms with van der Waals surface area (Å²) in [6, 6.07) is 18.7. The van der Waals surface area contributed by atoms with Crippen molar-refractivity contribution in [2.45, 2.75) is 13.1 Å². The summed E-state index contributed by atoms with van der Waals surface area (Å²) in [4.78, 5) is 21.3. The zero-order valence-corrected chi connectivity index (χ0v) is 20.6. The quantitative estimate of drug-likeness (QED) is 0.398. The first-order chi connectivity index (χ1) is 17.9. The molecule has 1 N–H and O–H groups in total. The number of imidazole rings is 1. The van der Waals surface area contributed by atoms with Crippen LogP contribution in [0.3, 0.4) is 0 Å². The van der Waals surface area contributed by atoms with Gasteiger partial charge in [0.15, 0.2) is 0 Å². The van der Waals surface area contributed by atoms with Crippen molar-refractivity contribution in [2.75, 3.05) is 24.5 Å². The molecular formula is C28H23ClFN5O2. The van der Waals surface area contributed by atoms with Gasteiger partial charge >= 0.3 is 0 Å². The van der Waals surface area contributed by atoms with Gasteiger partial charge in [-0.05, 0) is 35.9 Å². The average Bonchev–Trinajstić information content (AvgIpc) is 3.32. The molecule has 1 aliphatic rings. The summed E-state index contributed by atoms with van der Waals surface area (Å²) in [6.45, 7) is 2.22. The summed E-state index contributed by atoms with van der Waals surface area (Å²) in [5.74, 6) is -0.485. The highest BCUT2D eigenvalue weighted by atomic mass is 35.5. The van der Waals surface area contributed by atoms with Gasteiger partial charge < -0.3 is 14.6 Å². The number of halogens is 2. The van der Waals surface area contributed by atoms with E-state index in [0.29, 0.717) is 42.5 Å². The monoisotopic (exact) mass is 515 g/mol. The number of phenolic OH excluding ortho intramolecular Hbond substituents is 1. The molecule has 5 rings (SSSR count). The molecule has 0 radical (unpaired) electrons. The minimum Gasteiger partial charge on any atom is -0.507 e. The van der Waals surface area contributed by atoms with Crippen molar-refractivity contribution in [3.8, 4) is 22.9 Å². The van der Waals surface area contributed by atoms with E-state index in [2.05, 4.69) is 4.98 Å². The Morgan fingerprint density at radius 1 is 1.05 bits per heavy atom. The van der Waals surface area contributed by atoms with Crippen LogP contribution in [0, 0.1) is 17.1 Å². The van der Waals surface area contributed by atoms with Gasteiger partial charge in [0.1, 0.15) is 17.6 Å². The number of nitrogens with zero attached hydrogens (tertiary/aromatic N) is 5. The number of anilines is 1. The lowest BCUT2D eigenvalue weighted by Gasteiger charge is -2.35. The molecule has 3 aromatic carbocycles. The van der Waals surface area contributed by atoms with E-state index < -0.39 is 5.82 Å². The van der Waals surface area contributed by atoms with Gasteiger partial charge in [0.2, 0.25) is 5.91 Å².